The first kappa shape index (κ1) is 27.4. The molecule has 0 saturated carbocycles. The van der Waals surface area contributed by atoms with Crippen molar-refractivity contribution in [2.75, 3.05) is 36.4 Å². The summed E-state index contributed by atoms with van der Waals surface area (Å²) in [5.41, 5.74) is 1.82. The lowest BCUT2D eigenvalue weighted by molar-refractivity contribution is -0.120. The van der Waals surface area contributed by atoms with E-state index in [2.05, 4.69) is 5.32 Å². The Labute approximate surface area is 233 Å². The zero-order valence-electron chi connectivity index (χ0n) is 21.2. The maximum Gasteiger partial charge on any atom is 0.264 e. The van der Waals surface area contributed by atoms with Crippen molar-refractivity contribution in [1.29, 1.82) is 0 Å². The quantitative estimate of drug-likeness (QED) is 0.443. The molecular formula is C27H28ClN3O6S2. The van der Waals surface area contributed by atoms with Crippen molar-refractivity contribution < 1.29 is 26.4 Å². The van der Waals surface area contributed by atoms with Crippen LogP contribution >= 0.6 is 11.6 Å². The molecule has 3 aromatic rings. The summed E-state index contributed by atoms with van der Waals surface area (Å²) in [7, 11) is -6.07. The Morgan fingerprint density at radius 3 is 2.28 bits per heavy atom. The number of carbonyl (C=O) groups excluding carboxylic acids is 1. The Balaban J connectivity index is 1.31. The number of hydrogen-bond donors (Lipinski definition) is 1. The highest BCUT2D eigenvalue weighted by molar-refractivity contribution is 7.92. The molecule has 1 amide bonds. The smallest absolute Gasteiger partial charge is 0.264 e. The van der Waals surface area contributed by atoms with Crippen molar-refractivity contribution in [3.8, 4) is 5.75 Å². The number of amides is 1. The summed E-state index contributed by atoms with van der Waals surface area (Å²) < 4.78 is 60.8. The molecule has 39 heavy (non-hydrogen) atoms. The van der Waals surface area contributed by atoms with Crippen molar-refractivity contribution in [2.45, 2.75) is 29.1 Å². The molecule has 5 rings (SSSR count). The number of carbonyl (C=O) groups is 1. The fourth-order valence-corrected chi connectivity index (χ4v) is 8.07. The van der Waals surface area contributed by atoms with Gasteiger partial charge in [-0.3, -0.25) is 9.10 Å². The first-order valence-corrected chi connectivity index (χ1v) is 15.7. The molecule has 12 heteroatoms. The van der Waals surface area contributed by atoms with Gasteiger partial charge in [0.25, 0.3) is 10.0 Å². The number of anilines is 2. The lowest BCUT2D eigenvalue weighted by Crippen LogP contribution is -2.43. The van der Waals surface area contributed by atoms with Crippen LogP contribution < -0.4 is 14.4 Å². The predicted molar refractivity (Wildman–Crippen MR) is 149 cm³/mol. The van der Waals surface area contributed by atoms with Gasteiger partial charge in [0.2, 0.25) is 15.9 Å². The maximum atomic E-state index is 13.3. The molecule has 2 heterocycles. The van der Waals surface area contributed by atoms with Crippen LogP contribution in [0.15, 0.2) is 76.5 Å². The Morgan fingerprint density at radius 2 is 1.59 bits per heavy atom. The van der Waals surface area contributed by atoms with E-state index in [0.29, 0.717) is 54.5 Å². The van der Waals surface area contributed by atoms with Gasteiger partial charge in [0.05, 0.1) is 28.5 Å². The van der Waals surface area contributed by atoms with Gasteiger partial charge < -0.3 is 10.1 Å². The monoisotopic (exact) mass is 589 g/mol. The van der Waals surface area contributed by atoms with Gasteiger partial charge in [0.15, 0.2) is 0 Å². The number of halogens is 1. The van der Waals surface area contributed by atoms with Crippen molar-refractivity contribution >= 4 is 48.9 Å². The van der Waals surface area contributed by atoms with E-state index in [1.54, 1.807) is 24.3 Å². The molecule has 9 nitrogen and oxygen atoms in total. The summed E-state index contributed by atoms with van der Waals surface area (Å²) in [5, 5.41) is 3.31. The SMILES string of the molecule is COc1ccc(S(=O)(=O)N2CCCC(C(=O)Nc3ccc4c(c3)N(S(=O)(=O)c3ccc(Cl)cc3)CC4)C2)cc1. The Bertz CT molecular complexity index is 1590. The summed E-state index contributed by atoms with van der Waals surface area (Å²) in [6, 6.07) is 17.4. The van der Waals surface area contributed by atoms with Crippen LogP contribution in [0.5, 0.6) is 5.75 Å². The minimum absolute atomic E-state index is 0.0577. The number of ether oxygens (including phenoxy) is 1. The summed E-state index contributed by atoms with van der Waals surface area (Å²) >= 11 is 5.92. The van der Waals surface area contributed by atoms with Crippen LogP contribution in [0.2, 0.25) is 5.02 Å². The van der Waals surface area contributed by atoms with E-state index >= 15 is 0 Å². The van der Waals surface area contributed by atoms with E-state index in [0.717, 1.165) is 5.56 Å². The molecule has 0 aromatic heterocycles. The molecule has 1 N–H and O–H groups in total. The third-order valence-electron chi connectivity index (χ3n) is 7.06. The topological polar surface area (TPSA) is 113 Å². The van der Waals surface area contributed by atoms with Crippen molar-refractivity contribution in [3.63, 3.8) is 0 Å². The highest BCUT2D eigenvalue weighted by atomic mass is 35.5. The molecular weight excluding hydrogens is 562 g/mol. The van der Waals surface area contributed by atoms with Crippen LogP contribution in [0.4, 0.5) is 11.4 Å². The second kappa shape index (κ2) is 10.8. The number of methoxy groups -OCH3 is 1. The van der Waals surface area contributed by atoms with E-state index in [4.69, 9.17) is 16.3 Å². The number of piperidine rings is 1. The normalized spacial score (nSPS) is 18.0. The van der Waals surface area contributed by atoms with E-state index < -0.39 is 26.0 Å². The first-order chi connectivity index (χ1) is 18.6. The van der Waals surface area contributed by atoms with E-state index in [9.17, 15) is 21.6 Å². The molecule has 2 aliphatic rings. The molecule has 1 unspecified atom stereocenters. The molecule has 1 saturated heterocycles. The highest BCUT2D eigenvalue weighted by Gasteiger charge is 2.34. The number of fused-ring (bicyclic) bond motifs is 1. The van der Waals surface area contributed by atoms with Gasteiger partial charge in [-0.05, 0) is 85.5 Å². The van der Waals surface area contributed by atoms with Gasteiger partial charge in [-0.2, -0.15) is 4.31 Å². The van der Waals surface area contributed by atoms with Gasteiger partial charge >= 0.3 is 0 Å². The number of benzene rings is 3. The summed E-state index contributed by atoms with van der Waals surface area (Å²) in [5.74, 6) is -0.303. The second-order valence-electron chi connectivity index (χ2n) is 9.49. The molecule has 206 valence electrons. The highest BCUT2D eigenvalue weighted by Crippen LogP contribution is 2.36. The third kappa shape index (κ3) is 5.49. The molecule has 1 atom stereocenters. The lowest BCUT2D eigenvalue weighted by atomic mass is 9.98. The molecule has 1 fully saturated rings. The minimum Gasteiger partial charge on any atom is -0.497 e. The molecule has 2 aliphatic heterocycles. The van der Waals surface area contributed by atoms with Crippen LogP contribution in [-0.4, -0.2) is 53.8 Å². The Kier molecular flexibility index (Phi) is 7.60. The average Bonchev–Trinajstić information content (AvgIpc) is 3.37. The Hall–Kier alpha value is -3.12. The largest absolute Gasteiger partial charge is 0.497 e. The first-order valence-electron chi connectivity index (χ1n) is 12.5. The van der Waals surface area contributed by atoms with Crippen LogP contribution in [0.1, 0.15) is 18.4 Å². The summed E-state index contributed by atoms with van der Waals surface area (Å²) in [6.45, 7) is 0.676. The molecule has 0 radical (unpaired) electrons. The Morgan fingerprint density at radius 1 is 0.923 bits per heavy atom. The number of rotatable bonds is 7. The van der Waals surface area contributed by atoms with Crippen LogP contribution in [0.25, 0.3) is 0 Å². The minimum atomic E-state index is -3.81. The average molecular weight is 590 g/mol. The molecule has 0 spiro atoms. The molecule has 0 bridgehead atoms. The number of nitrogens with zero attached hydrogens (tertiary/aromatic N) is 2. The number of hydrogen-bond acceptors (Lipinski definition) is 6. The van der Waals surface area contributed by atoms with E-state index in [-0.39, 0.29) is 22.2 Å². The van der Waals surface area contributed by atoms with Gasteiger partial charge in [-0.25, -0.2) is 16.8 Å². The summed E-state index contributed by atoms with van der Waals surface area (Å²) in [6.07, 6.45) is 1.64. The standard InChI is InChI=1S/C27H28ClN3O6S2/c1-37-23-8-12-24(13-9-23)38(33,34)30-15-2-3-20(18-30)27(32)29-22-7-4-19-14-16-31(26(19)17-22)39(35,36)25-10-5-21(28)6-11-25/h4-13,17,20H,2-3,14-16,18H2,1H3,(H,29,32). The zero-order valence-corrected chi connectivity index (χ0v) is 23.6. The predicted octanol–water partition coefficient (Wildman–Crippen LogP) is 4.14. The van der Waals surface area contributed by atoms with Gasteiger partial charge in [0.1, 0.15) is 5.75 Å². The number of nitrogens with one attached hydrogen (secondary N) is 1. The summed E-state index contributed by atoms with van der Waals surface area (Å²) in [4.78, 5) is 13.5. The van der Waals surface area contributed by atoms with E-state index in [1.165, 1.54) is 52.1 Å². The lowest BCUT2D eigenvalue weighted by Gasteiger charge is -2.31. The van der Waals surface area contributed by atoms with E-state index in [1.807, 2.05) is 6.07 Å². The fourth-order valence-electron chi connectivity index (χ4n) is 4.93. The van der Waals surface area contributed by atoms with Crippen LogP contribution in [-0.2, 0) is 31.3 Å². The van der Waals surface area contributed by atoms with Crippen LogP contribution in [0.3, 0.4) is 0 Å². The zero-order chi connectivity index (χ0) is 27.8. The second-order valence-corrected chi connectivity index (χ2v) is 13.7. The molecule has 0 aliphatic carbocycles. The fraction of sp³-hybridized carbons (Fsp3) is 0.296. The molecule has 3 aromatic carbocycles. The number of sulfonamides is 2. The van der Waals surface area contributed by atoms with Gasteiger partial charge in [0, 0.05) is 30.3 Å². The van der Waals surface area contributed by atoms with Gasteiger partial charge in [-0.1, -0.05) is 17.7 Å². The maximum absolute atomic E-state index is 13.3. The van der Waals surface area contributed by atoms with Crippen molar-refractivity contribution in [3.05, 3.63) is 77.3 Å². The van der Waals surface area contributed by atoms with Crippen LogP contribution in [0, 0.1) is 5.92 Å². The van der Waals surface area contributed by atoms with Gasteiger partial charge in [-0.15, -0.1) is 0 Å². The van der Waals surface area contributed by atoms with Crippen molar-refractivity contribution in [1.82, 2.24) is 4.31 Å². The van der Waals surface area contributed by atoms with Crippen molar-refractivity contribution in [2.24, 2.45) is 5.92 Å². The third-order valence-corrected chi connectivity index (χ3v) is 11.0.